The molecule has 2 atom stereocenters. The predicted octanol–water partition coefficient (Wildman–Crippen LogP) is 5.92. The van der Waals surface area contributed by atoms with E-state index in [1.165, 1.54) is 6.07 Å². The van der Waals surface area contributed by atoms with Crippen molar-refractivity contribution in [2.75, 3.05) is 6.54 Å². The number of para-hydroxylation sites is 1. The first-order valence-corrected chi connectivity index (χ1v) is 10.8. The van der Waals surface area contributed by atoms with Crippen LogP contribution in [0.1, 0.15) is 41.1 Å². The Balaban J connectivity index is 1.77. The molecule has 0 amide bonds. The Morgan fingerprint density at radius 3 is 2.48 bits per heavy atom. The van der Waals surface area contributed by atoms with E-state index in [0.717, 1.165) is 17.7 Å². The molecule has 0 spiro atoms. The van der Waals surface area contributed by atoms with E-state index >= 15 is 0 Å². The standard InChI is InChI=1S/C26H24F3NO3/c27-26(28,29)20-11-6-10-19(16-20)24(30-15-7-13-22(30)25(31)32)21-12-4-5-14-23(21)33-17-18-8-2-1-3-9-18/h1-6,8-12,14,16,22,24H,7,13,15,17H2,(H,31,32). The van der Waals surface area contributed by atoms with Gasteiger partial charge in [0.1, 0.15) is 18.4 Å². The van der Waals surface area contributed by atoms with Crippen LogP contribution in [0.5, 0.6) is 5.75 Å². The molecule has 0 radical (unpaired) electrons. The molecule has 3 aromatic carbocycles. The lowest BCUT2D eigenvalue weighted by Gasteiger charge is -2.33. The van der Waals surface area contributed by atoms with Crippen molar-refractivity contribution in [1.29, 1.82) is 0 Å². The Hall–Kier alpha value is -3.32. The monoisotopic (exact) mass is 455 g/mol. The molecule has 1 aliphatic rings. The third-order valence-electron chi connectivity index (χ3n) is 5.89. The van der Waals surface area contributed by atoms with E-state index in [2.05, 4.69) is 0 Å². The molecule has 1 heterocycles. The summed E-state index contributed by atoms with van der Waals surface area (Å²) in [5.41, 5.74) is 1.21. The van der Waals surface area contributed by atoms with Gasteiger partial charge in [-0.2, -0.15) is 13.2 Å². The summed E-state index contributed by atoms with van der Waals surface area (Å²) in [5, 5.41) is 9.78. The lowest BCUT2D eigenvalue weighted by atomic mass is 9.94. The van der Waals surface area contributed by atoms with Gasteiger partial charge in [-0.15, -0.1) is 0 Å². The second-order valence-corrected chi connectivity index (χ2v) is 8.07. The van der Waals surface area contributed by atoms with E-state index in [4.69, 9.17) is 4.74 Å². The van der Waals surface area contributed by atoms with Crippen molar-refractivity contribution in [3.63, 3.8) is 0 Å². The number of likely N-dealkylation sites (tertiary alicyclic amines) is 1. The Kier molecular flexibility index (Phi) is 6.70. The van der Waals surface area contributed by atoms with E-state index < -0.39 is 29.8 Å². The lowest BCUT2D eigenvalue weighted by Crippen LogP contribution is -2.39. The molecular weight excluding hydrogens is 431 g/mol. The molecule has 0 aromatic heterocycles. The van der Waals surface area contributed by atoms with Crippen LogP contribution in [-0.2, 0) is 17.6 Å². The number of hydrogen-bond acceptors (Lipinski definition) is 3. The van der Waals surface area contributed by atoms with Crippen molar-refractivity contribution in [3.8, 4) is 5.75 Å². The molecule has 1 saturated heterocycles. The number of aliphatic carboxylic acids is 1. The topological polar surface area (TPSA) is 49.8 Å². The largest absolute Gasteiger partial charge is 0.489 e. The molecule has 0 saturated carbocycles. The number of carbonyl (C=O) groups is 1. The first-order valence-electron chi connectivity index (χ1n) is 10.8. The van der Waals surface area contributed by atoms with E-state index in [1.54, 1.807) is 35.2 Å². The molecule has 0 aliphatic carbocycles. The second-order valence-electron chi connectivity index (χ2n) is 8.07. The van der Waals surface area contributed by atoms with Gasteiger partial charge in [-0.05, 0) is 42.2 Å². The Morgan fingerprint density at radius 1 is 1.03 bits per heavy atom. The summed E-state index contributed by atoms with van der Waals surface area (Å²) >= 11 is 0. The van der Waals surface area contributed by atoms with Crippen LogP contribution in [0.2, 0.25) is 0 Å². The molecule has 1 N–H and O–H groups in total. The lowest BCUT2D eigenvalue weighted by molar-refractivity contribution is -0.143. The smallest absolute Gasteiger partial charge is 0.416 e. The number of alkyl halides is 3. The average molecular weight is 455 g/mol. The fraction of sp³-hybridized carbons (Fsp3) is 0.269. The van der Waals surface area contributed by atoms with Crippen molar-refractivity contribution in [3.05, 3.63) is 101 Å². The van der Waals surface area contributed by atoms with Gasteiger partial charge in [-0.3, -0.25) is 9.69 Å². The minimum absolute atomic E-state index is 0.287. The number of carboxylic acids is 1. The van der Waals surface area contributed by atoms with E-state index in [-0.39, 0.29) is 6.61 Å². The van der Waals surface area contributed by atoms with Crippen molar-refractivity contribution in [1.82, 2.24) is 4.90 Å². The first kappa shape index (κ1) is 22.9. The minimum atomic E-state index is -4.50. The fourth-order valence-corrected chi connectivity index (χ4v) is 4.37. The normalized spacial score (nSPS) is 17.6. The highest BCUT2D eigenvalue weighted by atomic mass is 19.4. The zero-order chi connectivity index (χ0) is 23.4. The van der Waals surface area contributed by atoms with E-state index in [1.807, 2.05) is 30.3 Å². The Labute approximate surface area is 190 Å². The van der Waals surface area contributed by atoms with Gasteiger partial charge in [0.25, 0.3) is 0 Å². The maximum Gasteiger partial charge on any atom is 0.416 e. The molecule has 2 unspecified atom stereocenters. The number of carboxylic acid groups (broad SMARTS) is 1. The summed E-state index contributed by atoms with van der Waals surface area (Å²) in [5.74, 6) is -0.466. The zero-order valence-corrected chi connectivity index (χ0v) is 17.8. The summed E-state index contributed by atoms with van der Waals surface area (Å²) in [6, 6.07) is 20.3. The molecule has 4 nitrogen and oxygen atoms in total. The van der Waals surface area contributed by atoms with Crippen LogP contribution in [0.4, 0.5) is 13.2 Å². The number of hydrogen-bond donors (Lipinski definition) is 1. The summed E-state index contributed by atoms with van der Waals surface area (Å²) in [4.78, 5) is 13.7. The summed E-state index contributed by atoms with van der Waals surface area (Å²) in [7, 11) is 0. The molecule has 1 aliphatic heterocycles. The van der Waals surface area contributed by atoms with Crippen LogP contribution in [-0.4, -0.2) is 28.6 Å². The number of benzene rings is 3. The molecule has 172 valence electrons. The summed E-state index contributed by atoms with van der Waals surface area (Å²) in [6.45, 7) is 0.750. The maximum absolute atomic E-state index is 13.5. The van der Waals surface area contributed by atoms with Gasteiger partial charge in [0.2, 0.25) is 0 Å². The Morgan fingerprint density at radius 2 is 1.76 bits per heavy atom. The quantitative estimate of drug-likeness (QED) is 0.480. The minimum Gasteiger partial charge on any atom is -0.489 e. The second kappa shape index (κ2) is 9.67. The summed E-state index contributed by atoms with van der Waals surface area (Å²) in [6.07, 6.45) is -3.40. The van der Waals surface area contributed by atoms with Gasteiger partial charge in [0.05, 0.1) is 11.6 Å². The zero-order valence-electron chi connectivity index (χ0n) is 17.8. The van der Waals surface area contributed by atoms with E-state index in [0.29, 0.717) is 36.3 Å². The highest BCUT2D eigenvalue weighted by Gasteiger charge is 2.39. The number of ether oxygens (including phenoxy) is 1. The van der Waals surface area contributed by atoms with Crippen LogP contribution in [0, 0.1) is 0 Å². The average Bonchev–Trinajstić information content (AvgIpc) is 3.29. The van der Waals surface area contributed by atoms with Gasteiger partial charge in [-0.1, -0.05) is 60.7 Å². The molecule has 3 aromatic rings. The van der Waals surface area contributed by atoms with Gasteiger partial charge in [-0.25, -0.2) is 0 Å². The Bertz CT molecular complexity index is 1100. The molecule has 0 bridgehead atoms. The van der Waals surface area contributed by atoms with Crippen molar-refractivity contribution >= 4 is 5.97 Å². The molecule has 4 rings (SSSR count). The van der Waals surface area contributed by atoms with Gasteiger partial charge in [0.15, 0.2) is 0 Å². The van der Waals surface area contributed by atoms with Gasteiger partial charge >= 0.3 is 12.1 Å². The molecule has 7 heteroatoms. The van der Waals surface area contributed by atoms with Crippen molar-refractivity contribution in [2.24, 2.45) is 0 Å². The van der Waals surface area contributed by atoms with Crippen LogP contribution in [0.15, 0.2) is 78.9 Å². The highest BCUT2D eigenvalue weighted by molar-refractivity contribution is 5.74. The maximum atomic E-state index is 13.5. The number of nitrogens with zero attached hydrogens (tertiary/aromatic N) is 1. The van der Waals surface area contributed by atoms with Crippen LogP contribution >= 0.6 is 0 Å². The van der Waals surface area contributed by atoms with Gasteiger partial charge < -0.3 is 9.84 Å². The number of halogens is 3. The highest BCUT2D eigenvalue weighted by Crippen LogP contribution is 2.41. The van der Waals surface area contributed by atoms with Crippen LogP contribution in [0.25, 0.3) is 0 Å². The van der Waals surface area contributed by atoms with Crippen LogP contribution in [0.3, 0.4) is 0 Å². The molecular formula is C26H24F3NO3. The fourth-order valence-electron chi connectivity index (χ4n) is 4.37. The molecule has 1 fully saturated rings. The number of rotatable bonds is 7. The summed E-state index contributed by atoms with van der Waals surface area (Å²) < 4.78 is 46.5. The SMILES string of the molecule is O=C(O)C1CCCN1C(c1cccc(C(F)(F)F)c1)c1ccccc1OCc1ccccc1. The third kappa shape index (κ3) is 5.20. The van der Waals surface area contributed by atoms with E-state index in [9.17, 15) is 23.1 Å². The van der Waals surface area contributed by atoms with Crippen molar-refractivity contribution < 1.29 is 27.8 Å². The predicted molar refractivity (Wildman–Crippen MR) is 118 cm³/mol. The van der Waals surface area contributed by atoms with Crippen molar-refractivity contribution in [2.45, 2.75) is 37.7 Å². The first-order chi connectivity index (χ1) is 15.8. The van der Waals surface area contributed by atoms with Gasteiger partial charge in [0, 0.05) is 12.1 Å². The molecule has 33 heavy (non-hydrogen) atoms. The third-order valence-corrected chi connectivity index (χ3v) is 5.89. The van der Waals surface area contributed by atoms with Crippen LogP contribution < -0.4 is 4.74 Å².